The topological polar surface area (TPSA) is 58.1 Å². The number of hydrogen-bond acceptors (Lipinski definition) is 4. The molecule has 1 aromatic rings. The fourth-order valence-corrected chi connectivity index (χ4v) is 4.87. The van der Waals surface area contributed by atoms with Gasteiger partial charge in [-0.05, 0) is 37.2 Å². The molecule has 3 rings (SSSR count). The predicted molar refractivity (Wildman–Crippen MR) is 138 cm³/mol. The number of morpholine rings is 1. The lowest BCUT2D eigenvalue weighted by molar-refractivity contribution is 0.0170. The molecule has 1 aliphatic heterocycles. The summed E-state index contributed by atoms with van der Waals surface area (Å²) in [4.78, 5) is 7.03. The van der Waals surface area contributed by atoms with Crippen molar-refractivity contribution in [3.05, 3.63) is 35.4 Å². The summed E-state index contributed by atoms with van der Waals surface area (Å²) in [5.74, 6) is 0.893. The SMILES string of the molecule is CN=C(NCC(c1cccc(C)c1)N1CCOCC1)NCC1(CCOC)CCCC1.I. The number of benzene rings is 1. The molecule has 2 aliphatic rings. The van der Waals surface area contributed by atoms with Crippen molar-refractivity contribution in [1.29, 1.82) is 0 Å². The van der Waals surface area contributed by atoms with Crippen molar-refractivity contribution in [1.82, 2.24) is 15.5 Å². The molecule has 0 bridgehead atoms. The molecule has 2 fully saturated rings. The molecule has 1 saturated carbocycles. The standard InChI is InChI=1S/C24H40N4O2.HI/c1-20-7-6-8-21(17-20)22(28-12-15-30-16-13-28)18-26-23(25-2)27-19-24(11-14-29-3)9-4-5-10-24;/h6-8,17,22H,4-5,9-16,18-19H2,1-3H3,(H2,25,26,27);1H. The van der Waals surface area contributed by atoms with E-state index in [1.807, 2.05) is 7.05 Å². The number of guanidine groups is 1. The summed E-state index contributed by atoms with van der Waals surface area (Å²) in [6, 6.07) is 9.17. The highest BCUT2D eigenvalue weighted by Gasteiger charge is 2.33. The fraction of sp³-hybridized carbons (Fsp3) is 0.708. The van der Waals surface area contributed by atoms with Crippen molar-refractivity contribution < 1.29 is 9.47 Å². The van der Waals surface area contributed by atoms with Gasteiger partial charge in [-0.1, -0.05) is 42.7 Å². The van der Waals surface area contributed by atoms with Crippen molar-refractivity contribution in [3.8, 4) is 0 Å². The van der Waals surface area contributed by atoms with Gasteiger partial charge in [-0.15, -0.1) is 24.0 Å². The first-order chi connectivity index (χ1) is 14.7. The minimum atomic E-state index is 0. The maximum atomic E-state index is 5.59. The molecule has 1 aromatic carbocycles. The summed E-state index contributed by atoms with van der Waals surface area (Å²) in [5.41, 5.74) is 3.00. The Balaban J connectivity index is 0.00000341. The van der Waals surface area contributed by atoms with Crippen LogP contribution in [0.4, 0.5) is 0 Å². The molecule has 7 heteroatoms. The zero-order chi connectivity index (χ0) is 21.2. The molecular formula is C24H41IN4O2. The molecule has 2 N–H and O–H groups in total. The van der Waals surface area contributed by atoms with Crippen molar-refractivity contribution in [2.24, 2.45) is 10.4 Å². The van der Waals surface area contributed by atoms with Crippen molar-refractivity contribution in [3.63, 3.8) is 0 Å². The Morgan fingerprint density at radius 3 is 2.61 bits per heavy atom. The van der Waals surface area contributed by atoms with E-state index in [1.54, 1.807) is 7.11 Å². The first-order valence-corrected chi connectivity index (χ1v) is 11.5. The number of rotatable bonds is 9. The van der Waals surface area contributed by atoms with Crippen LogP contribution >= 0.6 is 24.0 Å². The highest BCUT2D eigenvalue weighted by atomic mass is 127. The van der Waals surface area contributed by atoms with Crippen LogP contribution in [0.1, 0.15) is 49.3 Å². The Morgan fingerprint density at radius 2 is 1.97 bits per heavy atom. The van der Waals surface area contributed by atoms with E-state index in [1.165, 1.54) is 36.8 Å². The summed E-state index contributed by atoms with van der Waals surface area (Å²) in [6.45, 7) is 8.32. The van der Waals surface area contributed by atoms with E-state index in [0.717, 1.165) is 58.4 Å². The summed E-state index contributed by atoms with van der Waals surface area (Å²) >= 11 is 0. The van der Waals surface area contributed by atoms with Gasteiger partial charge in [0.15, 0.2) is 5.96 Å². The van der Waals surface area contributed by atoms with Crippen LogP contribution in [0.3, 0.4) is 0 Å². The largest absolute Gasteiger partial charge is 0.385 e. The van der Waals surface area contributed by atoms with Gasteiger partial charge in [0.05, 0.1) is 19.3 Å². The maximum Gasteiger partial charge on any atom is 0.191 e. The second-order valence-electron chi connectivity index (χ2n) is 8.83. The number of ether oxygens (including phenoxy) is 2. The van der Waals surface area contributed by atoms with Gasteiger partial charge in [-0.2, -0.15) is 0 Å². The number of nitrogens with one attached hydrogen (secondary N) is 2. The molecule has 31 heavy (non-hydrogen) atoms. The molecule has 1 saturated heterocycles. The summed E-state index contributed by atoms with van der Waals surface area (Å²) in [7, 11) is 3.66. The van der Waals surface area contributed by atoms with Crippen LogP contribution in [0.5, 0.6) is 0 Å². The van der Waals surface area contributed by atoms with Crippen molar-refractivity contribution >= 4 is 29.9 Å². The minimum Gasteiger partial charge on any atom is -0.385 e. The Labute approximate surface area is 205 Å². The summed E-state index contributed by atoms with van der Waals surface area (Å²) < 4.78 is 11.0. The Morgan fingerprint density at radius 1 is 1.23 bits per heavy atom. The fourth-order valence-electron chi connectivity index (χ4n) is 4.87. The average Bonchev–Trinajstić information content (AvgIpc) is 3.24. The van der Waals surface area contributed by atoms with Crippen LogP contribution in [-0.4, -0.2) is 71.0 Å². The van der Waals surface area contributed by atoms with Gasteiger partial charge in [0, 0.05) is 46.9 Å². The molecule has 176 valence electrons. The highest BCUT2D eigenvalue weighted by molar-refractivity contribution is 14.0. The molecule has 1 heterocycles. The Kier molecular flexibility index (Phi) is 11.6. The molecule has 0 spiro atoms. The quantitative estimate of drug-likeness (QED) is 0.282. The summed E-state index contributed by atoms with van der Waals surface area (Å²) in [6.07, 6.45) is 6.32. The Hall–Kier alpha value is -0.900. The normalized spacial score (nSPS) is 20.2. The lowest BCUT2D eigenvalue weighted by atomic mass is 9.83. The zero-order valence-electron chi connectivity index (χ0n) is 19.5. The predicted octanol–water partition coefficient (Wildman–Crippen LogP) is 3.75. The number of halogens is 1. The van der Waals surface area contributed by atoms with E-state index in [4.69, 9.17) is 9.47 Å². The second kappa shape index (κ2) is 13.6. The van der Waals surface area contributed by atoms with E-state index < -0.39 is 0 Å². The van der Waals surface area contributed by atoms with Gasteiger partial charge in [0.2, 0.25) is 0 Å². The number of aryl methyl sites for hydroxylation is 1. The molecule has 1 atom stereocenters. The molecular weight excluding hydrogens is 503 g/mol. The third-order valence-electron chi connectivity index (χ3n) is 6.73. The molecule has 0 radical (unpaired) electrons. The van der Waals surface area contributed by atoms with Gasteiger partial charge in [0.25, 0.3) is 0 Å². The van der Waals surface area contributed by atoms with Crippen molar-refractivity contribution in [2.45, 2.75) is 45.1 Å². The zero-order valence-corrected chi connectivity index (χ0v) is 21.8. The summed E-state index contributed by atoms with van der Waals surface area (Å²) in [5, 5.41) is 7.23. The maximum absolute atomic E-state index is 5.59. The third-order valence-corrected chi connectivity index (χ3v) is 6.73. The number of methoxy groups -OCH3 is 1. The van der Waals surface area contributed by atoms with Crippen LogP contribution < -0.4 is 10.6 Å². The second-order valence-corrected chi connectivity index (χ2v) is 8.83. The van der Waals surface area contributed by atoms with Gasteiger partial charge in [-0.3, -0.25) is 9.89 Å². The average molecular weight is 545 g/mol. The molecule has 0 amide bonds. The van der Waals surface area contributed by atoms with Crippen LogP contribution in [0.25, 0.3) is 0 Å². The third kappa shape index (κ3) is 7.87. The van der Waals surface area contributed by atoms with Gasteiger partial charge in [0.1, 0.15) is 0 Å². The highest BCUT2D eigenvalue weighted by Crippen LogP contribution is 2.40. The minimum absolute atomic E-state index is 0. The number of hydrogen-bond donors (Lipinski definition) is 2. The van der Waals surface area contributed by atoms with E-state index in [-0.39, 0.29) is 24.0 Å². The van der Waals surface area contributed by atoms with Crippen LogP contribution in [0.15, 0.2) is 29.3 Å². The van der Waals surface area contributed by atoms with Crippen LogP contribution in [0, 0.1) is 12.3 Å². The van der Waals surface area contributed by atoms with E-state index >= 15 is 0 Å². The number of nitrogens with zero attached hydrogens (tertiary/aromatic N) is 2. The van der Waals surface area contributed by atoms with Gasteiger partial charge in [-0.25, -0.2) is 0 Å². The first-order valence-electron chi connectivity index (χ1n) is 11.5. The lowest BCUT2D eigenvalue weighted by Crippen LogP contribution is -2.48. The van der Waals surface area contributed by atoms with E-state index in [9.17, 15) is 0 Å². The molecule has 0 aromatic heterocycles. The van der Waals surface area contributed by atoms with Crippen LogP contribution in [-0.2, 0) is 9.47 Å². The van der Waals surface area contributed by atoms with E-state index in [2.05, 4.69) is 51.7 Å². The van der Waals surface area contributed by atoms with Crippen LogP contribution in [0.2, 0.25) is 0 Å². The molecule has 1 unspecified atom stereocenters. The number of aliphatic imine (C=N–C) groups is 1. The monoisotopic (exact) mass is 544 g/mol. The van der Waals surface area contributed by atoms with Crippen molar-refractivity contribution in [2.75, 3.05) is 60.2 Å². The Bertz CT molecular complexity index is 673. The first kappa shape index (κ1) is 26.4. The van der Waals surface area contributed by atoms with Gasteiger partial charge >= 0.3 is 0 Å². The smallest absolute Gasteiger partial charge is 0.191 e. The van der Waals surface area contributed by atoms with E-state index in [0.29, 0.717) is 11.5 Å². The van der Waals surface area contributed by atoms with Gasteiger partial charge < -0.3 is 20.1 Å². The molecule has 1 aliphatic carbocycles. The lowest BCUT2D eigenvalue weighted by Gasteiger charge is -2.35. The molecule has 6 nitrogen and oxygen atoms in total.